The van der Waals surface area contributed by atoms with Crippen molar-refractivity contribution in [1.82, 2.24) is 37.2 Å². The molecule has 0 aromatic rings. The molecule has 0 aromatic carbocycles. The lowest BCUT2D eigenvalue weighted by molar-refractivity contribution is -0.137. The number of aldehydes is 1. The molecule has 22 nitrogen and oxygen atoms in total. The fraction of sp³-hybridized carbons (Fsp3) is 0.719. The van der Waals surface area contributed by atoms with E-state index in [0.717, 1.165) is 0 Å². The van der Waals surface area contributed by atoms with Crippen LogP contribution in [0.25, 0.3) is 0 Å². The van der Waals surface area contributed by atoms with E-state index >= 15 is 0 Å². The maximum absolute atomic E-state index is 13.7. The van der Waals surface area contributed by atoms with E-state index in [9.17, 15) is 48.6 Å². The number of aliphatic hydroxyl groups is 2. The van der Waals surface area contributed by atoms with Crippen molar-refractivity contribution < 1.29 is 48.6 Å². The Hall–Kier alpha value is -4.93. The first-order valence-corrected chi connectivity index (χ1v) is 17.6. The number of primary amides is 1. The highest BCUT2D eigenvalue weighted by Crippen LogP contribution is 2.08. The molecular formula is C32H60N12O10. The van der Waals surface area contributed by atoms with Crippen LogP contribution in [0.2, 0.25) is 0 Å². The fourth-order valence-corrected chi connectivity index (χ4v) is 4.75. The first kappa shape index (κ1) is 49.1. The average Bonchev–Trinajstić information content (AvgIpc) is 3.09. The second-order valence-corrected chi connectivity index (χ2v) is 12.9. The number of nitrogens with zero attached hydrogens (tertiary/aromatic N) is 1. The maximum atomic E-state index is 13.7. The minimum atomic E-state index is -1.63. The van der Waals surface area contributed by atoms with Gasteiger partial charge in [-0.05, 0) is 79.8 Å². The van der Waals surface area contributed by atoms with Crippen molar-refractivity contribution >= 4 is 53.6 Å². The Balaban J connectivity index is 6.31. The highest BCUT2D eigenvalue weighted by Gasteiger charge is 2.35. The summed E-state index contributed by atoms with van der Waals surface area (Å²) in [7, 11) is 1.72. The number of guanidine groups is 1. The SMILES string of the molecule is CNCCCC[C@H](NC(=O)[C@@H](NC(=O)[C@H](CCCN=C(N)N)NC(=O)[C@H](C)N)[C@@H](C)O)C(=O)N[C@@H](CCC(N)=O)C(=O)N[C@H](C(=O)N[C@@H](C)C=O)[C@@H](C)O. The van der Waals surface area contributed by atoms with Gasteiger partial charge in [0, 0.05) is 13.0 Å². The molecule has 0 aliphatic carbocycles. The van der Waals surface area contributed by atoms with Gasteiger partial charge in [-0.2, -0.15) is 0 Å². The van der Waals surface area contributed by atoms with Gasteiger partial charge in [0.1, 0.15) is 36.5 Å². The van der Waals surface area contributed by atoms with Crippen LogP contribution in [0.1, 0.15) is 72.6 Å². The molecule has 308 valence electrons. The molecule has 0 bridgehead atoms. The number of carbonyl (C=O) groups excluding carboxylic acids is 8. The van der Waals surface area contributed by atoms with E-state index in [-0.39, 0.29) is 44.6 Å². The quantitative estimate of drug-likeness (QED) is 0.0160. The fourth-order valence-electron chi connectivity index (χ4n) is 4.75. The topological polar surface area (TPSA) is 378 Å². The summed E-state index contributed by atoms with van der Waals surface area (Å²) < 4.78 is 0. The summed E-state index contributed by atoms with van der Waals surface area (Å²) in [4.78, 5) is 106. The molecular weight excluding hydrogens is 712 g/mol. The van der Waals surface area contributed by atoms with Gasteiger partial charge in [-0.1, -0.05) is 0 Å². The molecule has 0 aliphatic heterocycles. The Morgan fingerprint density at radius 1 is 0.630 bits per heavy atom. The van der Waals surface area contributed by atoms with Gasteiger partial charge in [0.05, 0.1) is 24.3 Å². The van der Waals surface area contributed by atoms with E-state index in [2.05, 4.69) is 42.2 Å². The first-order valence-electron chi connectivity index (χ1n) is 17.6. The molecule has 0 rings (SSSR count). The first-order chi connectivity index (χ1) is 25.2. The van der Waals surface area contributed by atoms with Gasteiger partial charge in [0.25, 0.3) is 0 Å². The molecule has 0 aromatic heterocycles. The smallest absolute Gasteiger partial charge is 0.245 e. The maximum Gasteiger partial charge on any atom is 0.245 e. The number of hydrogen-bond donors (Lipinski definition) is 13. The van der Waals surface area contributed by atoms with Crippen LogP contribution < -0.4 is 60.2 Å². The van der Waals surface area contributed by atoms with Crippen molar-refractivity contribution in [2.75, 3.05) is 20.1 Å². The van der Waals surface area contributed by atoms with E-state index in [0.29, 0.717) is 25.7 Å². The van der Waals surface area contributed by atoms with Crippen molar-refractivity contribution in [2.45, 2.75) is 127 Å². The third-order valence-corrected chi connectivity index (χ3v) is 7.81. The highest BCUT2D eigenvalue weighted by atomic mass is 16.3. The zero-order chi connectivity index (χ0) is 41.5. The van der Waals surface area contributed by atoms with Gasteiger partial charge in [-0.15, -0.1) is 0 Å². The number of amides is 7. The van der Waals surface area contributed by atoms with Gasteiger partial charge in [-0.25, -0.2) is 0 Å². The molecule has 0 fully saturated rings. The number of carbonyl (C=O) groups is 8. The summed E-state index contributed by atoms with van der Waals surface area (Å²) in [5, 5.41) is 38.1. The van der Waals surface area contributed by atoms with Crippen molar-refractivity contribution in [3.05, 3.63) is 0 Å². The molecule has 7 amide bonds. The number of rotatable bonds is 27. The summed E-state index contributed by atoms with van der Waals surface area (Å²) in [5.74, 6) is -6.29. The summed E-state index contributed by atoms with van der Waals surface area (Å²) in [6, 6.07) is -9.19. The molecule has 0 heterocycles. The predicted molar refractivity (Wildman–Crippen MR) is 196 cm³/mol. The van der Waals surface area contributed by atoms with Crippen molar-refractivity contribution in [2.24, 2.45) is 27.9 Å². The van der Waals surface area contributed by atoms with Gasteiger partial charge < -0.3 is 75.2 Å². The lowest BCUT2D eigenvalue weighted by Crippen LogP contribution is -2.62. The molecule has 0 spiro atoms. The van der Waals surface area contributed by atoms with E-state index in [4.69, 9.17) is 22.9 Å². The van der Waals surface area contributed by atoms with E-state index in [1.807, 2.05) is 0 Å². The van der Waals surface area contributed by atoms with Crippen LogP contribution in [0.3, 0.4) is 0 Å². The van der Waals surface area contributed by atoms with Gasteiger partial charge >= 0.3 is 0 Å². The molecule has 17 N–H and O–H groups in total. The van der Waals surface area contributed by atoms with Crippen molar-refractivity contribution in [3.63, 3.8) is 0 Å². The lowest BCUT2D eigenvalue weighted by atomic mass is 10.0. The molecule has 0 saturated heterocycles. The van der Waals surface area contributed by atoms with E-state index < -0.39 is 95.9 Å². The normalized spacial score (nSPS) is 15.9. The Morgan fingerprint density at radius 3 is 1.52 bits per heavy atom. The lowest BCUT2D eigenvalue weighted by Gasteiger charge is -2.28. The molecule has 9 atom stereocenters. The minimum absolute atomic E-state index is 0.0179. The number of aliphatic imine (C=N–C) groups is 1. The summed E-state index contributed by atoms with van der Waals surface area (Å²) in [6.45, 7) is 5.88. The van der Waals surface area contributed by atoms with Crippen LogP contribution in [0.5, 0.6) is 0 Å². The molecule has 0 radical (unpaired) electrons. The third-order valence-electron chi connectivity index (χ3n) is 7.81. The van der Waals surface area contributed by atoms with Crippen LogP contribution in [0.15, 0.2) is 4.99 Å². The Bertz CT molecular complexity index is 1290. The number of aliphatic hydroxyl groups excluding tert-OH is 2. The predicted octanol–water partition coefficient (Wildman–Crippen LogP) is -6.07. The Labute approximate surface area is 314 Å². The van der Waals surface area contributed by atoms with Gasteiger partial charge in [0.2, 0.25) is 41.4 Å². The molecule has 54 heavy (non-hydrogen) atoms. The number of hydrogen-bond acceptors (Lipinski definition) is 13. The van der Waals surface area contributed by atoms with Crippen LogP contribution >= 0.6 is 0 Å². The summed E-state index contributed by atoms with van der Waals surface area (Å²) >= 11 is 0. The van der Waals surface area contributed by atoms with Crippen LogP contribution in [0, 0.1) is 0 Å². The standard InChI is InChI=1S/C32H60N12O10/c1-16(15-45)39-30(53)24(18(3)46)43-29(52)22(11-12-23(34)48)41-27(50)20(9-6-7-13-37-5)42-31(54)25(19(4)47)44-28(51)21(40-26(49)17(2)33)10-8-14-38-32(35)36/h15-22,24-25,37,46-47H,6-14,33H2,1-5H3,(H2,34,48)(H,39,53)(H,40,49)(H,41,50)(H,42,54)(H,43,52)(H,44,51)(H4,35,36,38)/t16-,17-,18+,19+,20-,21-,22-,24-,25-/m0/s1. The van der Waals surface area contributed by atoms with Crippen LogP contribution in [0.4, 0.5) is 0 Å². The molecule has 0 aliphatic rings. The number of nitrogens with two attached hydrogens (primary N) is 4. The zero-order valence-electron chi connectivity index (χ0n) is 31.6. The number of unbranched alkanes of at least 4 members (excludes halogenated alkanes) is 1. The molecule has 0 saturated carbocycles. The third kappa shape index (κ3) is 19.8. The monoisotopic (exact) mass is 772 g/mol. The van der Waals surface area contributed by atoms with Gasteiger partial charge in [0.15, 0.2) is 5.96 Å². The van der Waals surface area contributed by atoms with E-state index in [1.54, 1.807) is 7.05 Å². The molecule has 22 heteroatoms. The summed E-state index contributed by atoms with van der Waals surface area (Å²) in [5.41, 5.74) is 21.6. The second-order valence-electron chi connectivity index (χ2n) is 12.9. The second kappa shape index (κ2) is 25.9. The number of nitrogens with one attached hydrogen (secondary N) is 7. The van der Waals surface area contributed by atoms with E-state index in [1.165, 1.54) is 27.7 Å². The molecule has 0 unspecified atom stereocenters. The average molecular weight is 773 g/mol. The van der Waals surface area contributed by atoms with Crippen LogP contribution in [-0.2, 0) is 38.4 Å². The van der Waals surface area contributed by atoms with Gasteiger partial charge in [-0.3, -0.25) is 38.6 Å². The minimum Gasteiger partial charge on any atom is -0.391 e. The zero-order valence-corrected chi connectivity index (χ0v) is 31.6. The van der Waals surface area contributed by atoms with Crippen molar-refractivity contribution in [1.29, 1.82) is 0 Å². The largest absolute Gasteiger partial charge is 0.391 e. The van der Waals surface area contributed by atoms with Crippen LogP contribution in [-0.4, -0.2) is 138 Å². The summed E-state index contributed by atoms with van der Waals surface area (Å²) in [6.07, 6.45) is -2.02. The van der Waals surface area contributed by atoms with Crippen molar-refractivity contribution in [3.8, 4) is 0 Å². The highest BCUT2D eigenvalue weighted by molar-refractivity contribution is 5.97. The Morgan fingerprint density at radius 2 is 1.07 bits per heavy atom. The Kier molecular flexibility index (Phi) is 23.6.